The van der Waals surface area contributed by atoms with Gasteiger partial charge >= 0.3 is 0 Å². The normalized spacial score (nSPS) is 2.77. The zero-order valence-electron chi connectivity index (χ0n) is 7.35. The Balaban J connectivity index is -0.0000000118. The van der Waals surface area contributed by atoms with Crippen LogP contribution in [-0.2, 0) is 35.4 Å². The van der Waals surface area contributed by atoms with Gasteiger partial charge in [-0.1, -0.05) is 0 Å². The molecule has 0 heterocycles. The van der Waals surface area contributed by atoms with Crippen LogP contribution in [0.5, 0.6) is 0 Å². The fourth-order valence-corrected chi connectivity index (χ4v) is 0. The molecular weight excluding hydrogens is 252 g/mol. The summed E-state index contributed by atoms with van der Waals surface area (Å²) < 4.78 is 0. The van der Waals surface area contributed by atoms with Crippen molar-refractivity contribution in [3.8, 4) is 0 Å². The molecule has 78 valence electrons. The predicted octanol–water partition coefficient (Wildman–Crippen LogP) is 1.19. The number of carbonyl (C=O) groups excluding carboxylic acids is 3. The van der Waals surface area contributed by atoms with Gasteiger partial charge in [-0.2, -0.15) is 0 Å². The fourth-order valence-electron chi connectivity index (χ4n) is 0. The van der Waals surface area contributed by atoms with Crippen molar-refractivity contribution >= 4 is 20.4 Å². The smallest absolute Gasteiger partial charge is 0 e. The van der Waals surface area contributed by atoms with E-state index in [4.69, 9.17) is 14.4 Å². The fraction of sp³-hybridized carbons (Fsp3) is 0. The van der Waals surface area contributed by atoms with Gasteiger partial charge in [0.15, 0.2) is 0 Å². The Morgan fingerprint density at radius 2 is 0.769 bits per heavy atom. The molecular formula is C9H13MoO3-5. The molecule has 0 spiro atoms. The van der Waals surface area contributed by atoms with E-state index in [1.807, 2.05) is 0 Å². The number of rotatable bonds is 0. The summed E-state index contributed by atoms with van der Waals surface area (Å²) in [7, 11) is 0. The number of allylic oxidation sites excluding steroid dienone is 2. The molecule has 0 amide bonds. The summed E-state index contributed by atoms with van der Waals surface area (Å²) in [6, 6.07) is 0. The molecule has 0 aromatic carbocycles. The van der Waals surface area contributed by atoms with Gasteiger partial charge in [0, 0.05) is 21.1 Å². The van der Waals surface area contributed by atoms with Crippen molar-refractivity contribution in [2.75, 3.05) is 0 Å². The minimum atomic E-state index is 0. The van der Waals surface area contributed by atoms with Crippen molar-refractivity contribution in [2.45, 2.75) is 0 Å². The van der Waals surface area contributed by atoms with Crippen molar-refractivity contribution in [1.82, 2.24) is 0 Å². The summed E-state index contributed by atoms with van der Waals surface area (Å²) in [6.45, 7) is 22.8. The summed E-state index contributed by atoms with van der Waals surface area (Å²) in [5.74, 6) is 0. The van der Waals surface area contributed by atoms with E-state index < -0.39 is 0 Å². The summed E-state index contributed by atoms with van der Waals surface area (Å²) >= 11 is 0. The zero-order valence-corrected chi connectivity index (χ0v) is 9.36. The predicted molar refractivity (Wildman–Crippen MR) is 51.4 cm³/mol. The molecule has 0 aromatic heterocycles. The standard InChI is InChI=1S/2C3H5.3CHO.Mo/c2*1-3-2;3*1-2;/h2*3H,1-2H2;3*1H;/q5*-1;. The maximum Gasteiger partial charge on any atom is 0 e. The van der Waals surface area contributed by atoms with Gasteiger partial charge in [0.1, 0.15) is 0 Å². The van der Waals surface area contributed by atoms with E-state index in [0.29, 0.717) is 0 Å². The molecule has 0 saturated carbocycles. The Hall–Kier alpha value is -1.08. The molecule has 0 aliphatic heterocycles. The Morgan fingerprint density at radius 1 is 0.769 bits per heavy atom. The SMILES string of the molecule is C=C[CH2-].C=C[CH2-].[CH-]=O.[CH-]=O.[CH-]=O.[Mo]. The van der Waals surface area contributed by atoms with Gasteiger partial charge < -0.3 is 14.4 Å². The Bertz CT molecular complexity index is 57.1. The van der Waals surface area contributed by atoms with Crippen LogP contribution in [0.3, 0.4) is 0 Å². The Morgan fingerprint density at radius 3 is 0.769 bits per heavy atom. The van der Waals surface area contributed by atoms with E-state index in [2.05, 4.69) is 47.4 Å². The third-order valence-electron chi connectivity index (χ3n) is 0. The number of hydrogen-bond acceptors (Lipinski definition) is 3. The minimum Gasteiger partial charge on any atom is -0.545 e. The van der Waals surface area contributed by atoms with Gasteiger partial charge in [-0.15, -0.1) is 0 Å². The van der Waals surface area contributed by atoms with Crippen molar-refractivity contribution in [2.24, 2.45) is 0 Å². The van der Waals surface area contributed by atoms with Crippen LogP contribution in [0.4, 0.5) is 0 Å². The quantitative estimate of drug-likeness (QED) is 0.375. The van der Waals surface area contributed by atoms with Gasteiger partial charge in [-0.3, -0.25) is 20.4 Å². The largest absolute Gasteiger partial charge is 0.545 e. The second-order valence-electron chi connectivity index (χ2n) is 0.577. The van der Waals surface area contributed by atoms with E-state index in [0.717, 1.165) is 0 Å². The number of hydrogen-bond donors (Lipinski definition) is 0. The van der Waals surface area contributed by atoms with Crippen molar-refractivity contribution in [3.05, 3.63) is 39.2 Å². The molecule has 0 N–H and O–H groups in total. The molecule has 0 aromatic rings. The third-order valence-corrected chi connectivity index (χ3v) is 0. The molecule has 3 nitrogen and oxygen atoms in total. The summed E-state index contributed by atoms with van der Waals surface area (Å²) in [4.78, 5) is 23.2. The second-order valence-corrected chi connectivity index (χ2v) is 0.577. The van der Waals surface area contributed by atoms with E-state index >= 15 is 0 Å². The van der Waals surface area contributed by atoms with Gasteiger partial charge in [-0.05, 0) is 0 Å². The van der Waals surface area contributed by atoms with Crippen LogP contribution in [0.1, 0.15) is 0 Å². The van der Waals surface area contributed by atoms with E-state index in [9.17, 15) is 0 Å². The molecule has 0 fully saturated rings. The van der Waals surface area contributed by atoms with E-state index in [-0.39, 0.29) is 21.1 Å². The van der Waals surface area contributed by atoms with Crippen molar-refractivity contribution < 1.29 is 35.4 Å². The summed E-state index contributed by atoms with van der Waals surface area (Å²) in [6.07, 6.45) is 3.00. The van der Waals surface area contributed by atoms with Crippen molar-refractivity contribution in [1.29, 1.82) is 0 Å². The maximum atomic E-state index is 7.75. The van der Waals surface area contributed by atoms with Crippen LogP contribution >= 0.6 is 0 Å². The van der Waals surface area contributed by atoms with Gasteiger partial charge in [-0.25, -0.2) is 39.2 Å². The molecule has 4 heteroatoms. The zero-order chi connectivity index (χ0) is 11.4. The Kier molecular flexibility index (Phi) is 3970. The van der Waals surface area contributed by atoms with Gasteiger partial charge in [0.25, 0.3) is 0 Å². The molecule has 0 rings (SSSR count). The van der Waals surface area contributed by atoms with Gasteiger partial charge in [0.2, 0.25) is 0 Å². The van der Waals surface area contributed by atoms with Crippen LogP contribution in [0.15, 0.2) is 25.3 Å². The molecule has 0 aliphatic rings. The second kappa shape index (κ2) is 1270. The molecule has 0 radical (unpaired) electrons. The van der Waals surface area contributed by atoms with Crippen LogP contribution in [0, 0.1) is 13.8 Å². The first-order valence-electron chi connectivity index (χ1n) is 2.34. The molecule has 0 bridgehead atoms. The summed E-state index contributed by atoms with van der Waals surface area (Å²) in [5.41, 5.74) is 0. The average molecular weight is 265 g/mol. The maximum absolute atomic E-state index is 7.75. The van der Waals surface area contributed by atoms with Crippen LogP contribution in [0.2, 0.25) is 0 Å². The van der Waals surface area contributed by atoms with Crippen LogP contribution < -0.4 is 0 Å². The first-order valence-corrected chi connectivity index (χ1v) is 2.34. The van der Waals surface area contributed by atoms with E-state index in [1.54, 1.807) is 0 Å². The van der Waals surface area contributed by atoms with Crippen LogP contribution in [-0.4, -0.2) is 20.4 Å². The molecule has 0 saturated heterocycles. The topological polar surface area (TPSA) is 51.2 Å². The van der Waals surface area contributed by atoms with Crippen molar-refractivity contribution in [3.63, 3.8) is 0 Å². The van der Waals surface area contributed by atoms with Crippen LogP contribution in [0.25, 0.3) is 0 Å². The van der Waals surface area contributed by atoms with Gasteiger partial charge in [0.05, 0.1) is 0 Å². The Labute approximate surface area is 95.2 Å². The minimum absolute atomic E-state index is 0. The molecule has 13 heavy (non-hydrogen) atoms. The first-order chi connectivity index (χ1) is 5.83. The third kappa shape index (κ3) is 742. The molecule has 0 aliphatic carbocycles. The molecule has 0 unspecified atom stereocenters. The summed E-state index contributed by atoms with van der Waals surface area (Å²) in [5, 5.41) is 0. The monoisotopic (exact) mass is 267 g/mol. The van der Waals surface area contributed by atoms with E-state index in [1.165, 1.54) is 12.2 Å². The average Bonchev–Trinajstić information content (AvgIpc) is 2.16. The first kappa shape index (κ1) is 40.6. The molecule has 0 atom stereocenters.